The monoisotopic (exact) mass is 398 g/mol. The quantitative estimate of drug-likeness (QED) is 0.742. The van der Waals surface area contributed by atoms with Crippen molar-refractivity contribution in [2.75, 3.05) is 13.1 Å². The first kappa shape index (κ1) is 19.4. The van der Waals surface area contributed by atoms with Gasteiger partial charge in [-0.2, -0.15) is 0 Å². The van der Waals surface area contributed by atoms with Gasteiger partial charge in [0.1, 0.15) is 6.17 Å². The summed E-state index contributed by atoms with van der Waals surface area (Å²) in [4.78, 5) is 28.6. The van der Waals surface area contributed by atoms with Crippen molar-refractivity contribution in [2.45, 2.75) is 63.8 Å². The Morgan fingerprint density at radius 1 is 1.21 bits per heavy atom. The Labute approximate surface area is 159 Å². The minimum Gasteiger partial charge on any atom is -0.327 e. The van der Waals surface area contributed by atoms with Crippen LogP contribution >= 0.6 is 0 Å². The highest BCUT2D eigenvalue weighted by Gasteiger charge is 2.53. The molecule has 3 aliphatic rings. The molecule has 28 heavy (non-hydrogen) atoms. The number of likely N-dealkylation sites (tertiary alicyclic amines) is 1. The topological polar surface area (TPSA) is 84.1 Å². The molecule has 2 aliphatic carbocycles. The second-order valence-electron chi connectivity index (χ2n) is 8.45. The first-order chi connectivity index (χ1) is 13.0. The number of hydrogen-bond donors (Lipinski definition) is 2. The molecule has 0 aromatic carbocycles. The van der Waals surface area contributed by atoms with Gasteiger partial charge in [-0.15, -0.1) is 0 Å². The maximum absolute atomic E-state index is 15.4. The van der Waals surface area contributed by atoms with Gasteiger partial charge < -0.3 is 5.73 Å². The van der Waals surface area contributed by atoms with Crippen molar-refractivity contribution >= 4 is 11.1 Å². The van der Waals surface area contributed by atoms with E-state index in [4.69, 9.17) is 5.73 Å². The van der Waals surface area contributed by atoms with Crippen LogP contribution in [0, 0.1) is 5.92 Å². The molecule has 0 radical (unpaired) electrons. The number of aromatic nitrogens is 2. The average molecular weight is 398 g/mol. The number of aromatic amines is 1. The molecule has 1 saturated carbocycles. The molecule has 6 nitrogen and oxygen atoms in total. The maximum Gasteiger partial charge on any atom is 0.329 e. The van der Waals surface area contributed by atoms with Crippen LogP contribution in [0.1, 0.15) is 39.7 Å². The number of nitrogens with two attached hydrogens (primary N) is 1. The van der Waals surface area contributed by atoms with Crippen molar-refractivity contribution in [3.05, 3.63) is 31.4 Å². The van der Waals surface area contributed by atoms with Gasteiger partial charge in [0, 0.05) is 18.6 Å². The third-order valence-corrected chi connectivity index (χ3v) is 6.37. The van der Waals surface area contributed by atoms with Crippen molar-refractivity contribution in [3.63, 3.8) is 0 Å². The standard InChI is InChI=1S/C19H25F3N4O2/c1-8-13-15(26(11-4-5-11)18(28)24-17(13)27)9(2)16(14(8)20)25-6-12(10(3)23)19(21,22)7-25/h10-12,14,16H,4-7,23H2,1-3H3,(H,24,27,28). The first-order valence-corrected chi connectivity index (χ1v) is 9.62. The Morgan fingerprint density at radius 3 is 2.39 bits per heavy atom. The van der Waals surface area contributed by atoms with Gasteiger partial charge in [0.05, 0.1) is 29.1 Å². The normalized spacial score (nSPS) is 31.2. The van der Waals surface area contributed by atoms with Crippen LogP contribution in [0.2, 0.25) is 0 Å². The summed E-state index contributed by atoms with van der Waals surface area (Å²) in [6.45, 7) is 4.03. The lowest BCUT2D eigenvalue weighted by atomic mass is 9.90. The van der Waals surface area contributed by atoms with Crippen LogP contribution in [0.4, 0.5) is 13.2 Å². The average Bonchev–Trinajstić information content (AvgIpc) is 3.35. The summed E-state index contributed by atoms with van der Waals surface area (Å²) in [7, 11) is 0. The molecule has 3 N–H and O–H groups in total. The molecule has 1 aromatic rings. The Hall–Kier alpha value is -1.87. The third-order valence-electron chi connectivity index (χ3n) is 6.37. The zero-order valence-corrected chi connectivity index (χ0v) is 16.1. The number of alkyl halides is 3. The minimum absolute atomic E-state index is 0.0352. The lowest BCUT2D eigenvalue weighted by molar-refractivity contribution is -0.0343. The lowest BCUT2D eigenvalue weighted by Gasteiger charge is -2.34. The predicted octanol–water partition coefficient (Wildman–Crippen LogP) is -0.153. The van der Waals surface area contributed by atoms with E-state index in [1.54, 1.807) is 6.92 Å². The molecule has 1 aliphatic heterocycles. The SMILES string of the molecule is CC1=c2c(=O)[nH]c(=O)n(C3CC3)c2=C(C)C(N2CC(C(C)N)C(F)(F)C2)C1F. The van der Waals surface area contributed by atoms with E-state index in [1.807, 2.05) is 0 Å². The fraction of sp³-hybridized carbons (Fsp3) is 0.684. The number of halogens is 3. The van der Waals surface area contributed by atoms with Crippen LogP contribution in [0.15, 0.2) is 9.59 Å². The van der Waals surface area contributed by atoms with E-state index in [1.165, 1.54) is 23.3 Å². The molecule has 0 bridgehead atoms. The van der Waals surface area contributed by atoms with E-state index in [0.717, 1.165) is 12.8 Å². The van der Waals surface area contributed by atoms with E-state index in [2.05, 4.69) is 4.98 Å². The lowest BCUT2D eigenvalue weighted by Crippen LogP contribution is -2.61. The second kappa shape index (κ2) is 6.32. The molecule has 2 heterocycles. The van der Waals surface area contributed by atoms with Crippen molar-refractivity contribution in [3.8, 4) is 0 Å². The zero-order chi connectivity index (χ0) is 20.5. The van der Waals surface area contributed by atoms with Crippen molar-refractivity contribution in [1.82, 2.24) is 14.5 Å². The fourth-order valence-electron chi connectivity index (χ4n) is 4.78. The molecule has 4 atom stereocenters. The van der Waals surface area contributed by atoms with E-state index < -0.39 is 47.9 Å². The van der Waals surface area contributed by atoms with Gasteiger partial charge in [0.15, 0.2) is 0 Å². The maximum atomic E-state index is 15.4. The van der Waals surface area contributed by atoms with E-state index >= 15 is 4.39 Å². The molecule has 0 amide bonds. The Morgan fingerprint density at radius 2 is 1.86 bits per heavy atom. The van der Waals surface area contributed by atoms with Crippen LogP contribution in [0.5, 0.6) is 0 Å². The molecular weight excluding hydrogens is 373 g/mol. The minimum atomic E-state index is -3.02. The summed E-state index contributed by atoms with van der Waals surface area (Å²) >= 11 is 0. The van der Waals surface area contributed by atoms with E-state index in [-0.39, 0.29) is 23.4 Å². The summed E-state index contributed by atoms with van der Waals surface area (Å²) < 4.78 is 45.9. The molecule has 154 valence electrons. The molecule has 2 fully saturated rings. The molecule has 1 saturated heterocycles. The van der Waals surface area contributed by atoms with Gasteiger partial charge >= 0.3 is 5.69 Å². The van der Waals surface area contributed by atoms with E-state index in [9.17, 15) is 18.4 Å². The van der Waals surface area contributed by atoms with Crippen molar-refractivity contribution in [1.29, 1.82) is 0 Å². The summed E-state index contributed by atoms with van der Waals surface area (Å²) in [6.07, 6.45) is -0.0206. The van der Waals surface area contributed by atoms with Crippen LogP contribution in [-0.4, -0.2) is 51.7 Å². The van der Waals surface area contributed by atoms with Gasteiger partial charge in [-0.3, -0.25) is 19.2 Å². The second-order valence-corrected chi connectivity index (χ2v) is 8.45. The van der Waals surface area contributed by atoms with Crippen LogP contribution in [0.25, 0.3) is 11.1 Å². The Balaban J connectivity index is 1.93. The van der Waals surface area contributed by atoms with Crippen LogP contribution in [0.3, 0.4) is 0 Å². The van der Waals surface area contributed by atoms with Crippen molar-refractivity contribution in [2.24, 2.45) is 11.7 Å². The van der Waals surface area contributed by atoms with E-state index in [0.29, 0.717) is 10.9 Å². The molecule has 0 spiro atoms. The summed E-state index contributed by atoms with van der Waals surface area (Å²) in [5.41, 5.74) is 5.21. The molecule has 1 aromatic heterocycles. The van der Waals surface area contributed by atoms with Crippen LogP contribution in [-0.2, 0) is 0 Å². The van der Waals surface area contributed by atoms with Gasteiger partial charge in [0.25, 0.3) is 11.5 Å². The molecular formula is C19H25F3N4O2. The highest BCUT2D eigenvalue weighted by atomic mass is 19.3. The Bertz CT molecular complexity index is 1050. The third kappa shape index (κ3) is 2.78. The number of hydrogen-bond acceptors (Lipinski definition) is 4. The predicted molar refractivity (Wildman–Crippen MR) is 99.4 cm³/mol. The van der Waals surface area contributed by atoms with Crippen LogP contribution < -0.4 is 27.6 Å². The number of nitrogens with zero attached hydrogens (tertiary/aromatic N) is 2. The van der Waals surface area contributed by atoms with Crippen molar-refractivity contribution < 1.29 is 13.2 Å². The summed E-state index contributed by atoms with van der Waals surface area (Å²) in [5, 5.41) is 0.544. The highest BCUT2D eigenvalue weighted by Crippen LogP contribution is 2.39. The van der Waals surface area contributed by atoms with Gasteiger partial charge in [0.2, 0.25) is 0 Å². The zero-order valence-electron chi connectivity index (χ0n) is 16.1. The highest BCUT2D eigenvalue weighted by molar-refractivity contribution is 5.63. The fourth-order valence-corrected chi connectivity index (χ4v) is 4.78. The molecule has 9 heteroatoms. The number of nitrogens with one attached hydrogen (secondary N) is 1. The molecule has 4 unspecified atom stereocenters. The summed E-state index contributed by atoms with van der Waals surface area (Å²) in [5.74, 6) is -4.09. The van der Waals surface area contributed by atoms with Gasteiger partial charge in [-0.05, 0) is 44.8 Å². The first-order valence-electron chi connectivity index (χ1n) is 9.62. The molecule has 4 rings (SSSR count). The largest absolute Gasteiger partial charge is 0.329 e. The number of H-pyrrole nitrogens is 1. The van der Waals surface area contributed by atoms with Gasteiger partial charge in [-0.1, -0.05) is 0 Å². The smallest absolute Gasteiger partial charge is 0.327 e. The number of rotatable bonds is 3. The summed E-state index contributed by atoms with van der Waals surface area (Å²) in [6, 6.07) is -1.73. The van der Waals surface area contributed by atoms with Gasteiger partial charge in [-0.25, -0.2) is 18.0 Å². The number of fused-ring (bicyclic) bond motifs is 1. The Kier molecular flexibility index (Phi) is 4.39.